The van der Waals surface area contributed by atoms with E-state index in [4.69, 9.17) is 4.74 Å². The van der Waals surface area contributed by atoms with E-state index in [0.717, 1.165) is 28.1 Å². The van der Waals surface area contributed by atoms with Crippen molar-refractivity contribution >= 4 is 11.6 Å². The second-order valence-corrected chi connectivity index (χ2v) is 8.97. The Morgan fingerprint density at radius 1 is 0.771 bits per heavy atom. The maximum absolute atomic E-state index is 13.5. The molecule has 1 saturated heterocycles. The van der Waals surface area contributed by atoms with Crippen molar-refractivity contribution in [3.8, 4) is 5.75 Å². The third-order valence-electron chi connectivity index (χ3n) is 6.90. The number of benzene rings is 4. The molecule has 4 heteroatoms. The largest absolute Gasteiger partial charge is 0.497 e. The maximum atomic E-state index is 13.5. The van der Waals surface area contributed by atoms with E-state index in [-0.39, 0.29) is 23.8 Å². The molecule has 1 amide bonds. The van der Waals surface area contributed by atoms with E-state index in [1.54, 1.807) is 7.11 Å². The molecule has 1 aliphatic rings. The van der Waals surface area contributed by atoms with Crippen LogP contribution in [0, 0.1) is 5.92 Å². The molecule has 4 aromatic carbocycles. The molecule has 35 heavy (non-hydrogen) atoms. The van der Waals surface area contributed by atoms with Crippen LogP contribution in [0.3, 0.4) is 0 Å². The van der Waals surface area contributed by atoms with Crippen LogP contribution in [-0.2, 0) is 4.79 Å². The summed E-state index contributed by atoms with van der Waals surface area (Å²) in [5.74, 6) is 0.271. The summed E-state index contributed by atoms with van der Waals surface area (Å²) in [6.45, 7) is 0. The Bertz CT molecular complexity index is 1200. The Kier molecular flexibility index (Phi) is 6.64. The molecule has 0 spiro atoms. The molecule has 0 bridgehead atoms. The molecule has 0 saturated carbocycles. The Balaban J connectivity index is 1.47. The van der Waals surface area contributed by atoms with Crippen LogP contribution in [0.2, 0.25) is 0 Å². The highest BCUT2D eigenvalue weighted by atomic mass is 16.5. The number of β-lactam (4-membered cyclic amide) rings is 1. The van der Waals surface area contributed by atoms with Gasteiger partial charge in [-0.3, -0.25) is 4.79 Å². The van der Waals surface area contributed by atoms with Crippen molar-refractivity contribution in [1.82, 2.24) is 0 Å². The van der Waals surface area contributed by atoms with Gasteiger partial charge in [-0.1, -0.05) is 91.0 Å². The zero-order chi connectivity index (χ0) is 24.2. The SMILES string of the molecule is COc1ccc(C2C(CC(O)C(c3ccccc3)c3ccccc3)C(=O)N2c2ccccc2)cc1. The number of carbonyl (C=O) groups excluding carboxylic acids is 1. The minimum absolute atomic E-state index is 0.0379. The maximum Gasteiger partial charge on any atom is 0.233 e. The average molecular weight is 464 g/mol. The zero-order valence-corrected chi connectivity index (χ0v) is 19.7. The molecular formula is C31H29NO3. The van der Waals surface area contributed by atoms with Gasteiger partial charge in [0.25, 0.3) is 0 Å². The van der Waals surface area contributed by atoms with E-state index in [2.05, 4.69) is 0 Å². The molecule has 3 unspecified atom stereocenters. The van der Waals surface area contributed by atoms with E-state index in [0.29, 0.717) is 6.42 Å². The van der Waals surface area contributed by atoms with Gasteiger partial charge in [0, 0.05) is 11.6 Å². The topological polar surface area (TPSA) is 49.8 Å². The molecule has 0 aromatic heterocycles. The van der Waals surface area contributed by atoms with Gasteiger partial charge in [-0.2, -0.15) is 0 Å². The molecule has 0 aliphatic carbocycles. The van der Waals surface area contributed by atoms with Crippen LogP contribution in [0.25, 0.3) is 0 Å². The smallest absolute Gasteiger partial charge is 0.233 e. The Morgan fingerprint density at radius 3 is 1.80 bits per heavy atom. The molecule has 4 aromatic rings. The summed E-state index contributed by atoms with van der Waals surface area (Å²) >= 11 is 0. The van der Waals surface area contributed by atoms with Crippen molar-refractivity contribution in [3.05, 3.63) is 132 Å². The van der Waals surface area contributed by atoms with Crippen LogP contribution in [0.5, 0.6) is 5.75 Å². The number of aliphatic hydroxyl groups excluding tert-OH is 1. The number of nitrogens with zero attached hydrogens (tertiary/aromatic N) is 1. The van der Waals surface area contributed by atoms with E-state index < -0.39 is 6.10 Å². The second kappa shape index (κ2) is 10.2. The summed E-state index contributed by atoms with van der Waals surface area (Å²) in [6, 6.07) is 37.5. The van der Waals surface area contributed by atoms with Crippen LogP contribution in [0.15, 0.2) is 115 Å². The zero-order valence-electron chi connectivity index (χ0n) is 19.7. The average Bonchev–Trinajstić information content (AvgIpc) is 2.92. The summed E-state index contributed by atoms with van der Waals surface area (Å²) in [6.07, 6.45) is -0.347. The third-order valence-corrected chi connectivity index (χ3v) is 6.90. The van der Waals surface area contributed by atoms with Crippen molar-refractivity contribution in [3.63, 3.8) is 0 Å². The van der Waals surface area contributed by atoms with Crippen LogP contribution in [0.4, 0.5) is 5.69 Å². The number of anilines is 1. The predicted octanol–water partition coefficient (Wildman–Crippen LogP) is 5.98. The fourth-order valence-electron chi connectivity index (χ4n) is 5.19. The first-order valence-electron chi connectivity index (χ1n) is 12.0. The van der Waals surface area contributed by atoms with Crippen LogP contribution in [0.1, 0.15) is 35.1 Å². The van der Waals surface area contributed by atoms with E-state index in [1.807, 2.05) is 120 Å². The molecule has 3 atom stereocenters. The first kappa shape index (κ1) is 22.9. The van der Waals surface area contributed by atoms with Crippen molar-refractivity contribution in [2.75, 3.05) is 12.0 Å². The number of carbonyl (C=O) groups is 1. The minimum Gasteiger partial charge on any atom is -0.497 e. The monoisotopic (exact) mass is 463 g/mol. The number of amides is 1. The quantitative estimate of drug-likeness (QED) is 0.327. The number of aliphatic hydroxyl groups is 1. The molecule has 0 radical (unpaired) electrons. The van der Waals surface area contributed by atoms with E-state index in [1.165, 1.54) is 0 Å². The standard InChI is InChI=1S/C31H29NO3/c1-35-26-19-17-24(18-20-26)30-27(31(34)32(30)25-15-9-4-10-16-25)21-28(33)29(22-11-5-2-6-12-22)23-13-7-3-8-14-23/h2-20,27-30,33H,21H2,1H3. The van der Waals surface area contributed by atoms with Crippen LogP contribution < -0.4 is 9.64 Å². The molecule has 5 rings (SSSR count). The normalized spacial score (nSPS) is 18.3. The number of rotatable bonds is 8. The first-order valence-corrected chi connectivity index (χ1v) is 12.0. The summed E-state index contributed by atoms with van der Waals surface area (Å²) in [7, 11) is 1.64. The van der Waals surface area contributed by atoms with Gasteiger partial charge in [0.15, 0.2) is 0 Å². The fourth-order valence-corrected chi connectivity index (χ4v) is 5.19. The first-order chi connectivity index (χ1) is 17.2. The molecular weight excluding hydrogens is 434 g/mol. The van der Waals surface area contributed by atoms with Crippen LogP contribution >= 0.6 is 0 Å². The highest BCUT2D eigenvalue weighted by Crippen LogP contribution is 2.47. The summed E-state index contributed by atoms with van der Waals surface area (Å²) in [4.78, 5) is 15.3. The number of para-hydroxylation sites is 1. The van der Waals surface area contributed by atoms with E-state index in [9.17, 15) is 9.90 Å². The lowest BCUT2D eigenvalue weighted by molar-refractivity contribution is -0.132. The van der Waals surface area contributed by atoms with Gasteiger partial charge >= 0.3 is 0 Å². The summed E-state index contributed by atoms with van der Waals surface area (Å²) in [5, 5.41) is 11.6. The highest BCUT2D eigenvalue weighted by molar-refractivity contribution is 6.03. The lowest BCUT2D eigenvalue weighted by Crippen LogP contribution is -2.56. The predicted molar refractivity (Wildman–Crippen MR) is 139 cm³/mol. The molecule has 1 fully saturated rings. The lowest BCUT2D eigenvalue weighted by Gasteiger charge is -2.48. The van der Waals surface area contributed by atoms with Crippen molar-refractivity contribution in [2.45, 2.75) is 24.5 Å². The Labute approximate surface area is 206 Å². The third kappa shape index (κ3) is 4.58. The fraction of sp³-hybridized carbons (Fsp3) is 0.194. The van der Waals surface area contributed by atoms with Crippen molar-refractivity contribution in [1.29, 1.82) is 0 Å². The van der Waals surface area contributed by atoms with Gasteiger partial charge in [0.1, 0.15) is 5.75 Å². The van der Waals surface area contributed by atoms with Gasteiger partial charge < -0.3 is 14.7 Å². The molecule has 4 nitrogen and oxygen atoms in total. The van der Waals surface area contributed by atoms with Gasteiger partial charge in [-0.05, 0) is 47.4 Å². The van der Waals surface area contributed by atoms with Crippen molar-refractivity contribution < 1.29 is 14.6 Å². The molecule has 176 valence electrons. The Morgan fingerprint density at radius 2 is 1.29 bits per heavy atom. The van der Waals surface area contributed by atoms with Gasteiger partial charge in [0.05, 0.1) is 25.2 Å². The highest BCUT2D eigenvalue weighted by Gasteiger charge is 2.50. The molecule has 1 heterocycles. The minimum atomic E-state index is -0.715. The van der Waals surface area contributed by atoms with Gasteiger partial charge in [-0.25, -0.2) is 0 Å². The summed E-state index contributed by atoms with van der Waals surface area (Å²) in [5.41, 5.74) is 3.98. The number of methoxy groups -OCH3 is 1. The van der Waals surface area contributed by atoms with Crippen LogP contribution in [-0.4, -0.2) is 24.2 Å². The second-order valence-electron chi connectivity index (χ2n) is 8.97. The van der Waals surface area contributed by atoms with Gasteiger partial charge in [0.2, 0.25) is 5.91 Å². The number of hydrogen-bond donors (Lipinski definition) is 1. The summed E-state index contributed by atoms with van der Waals surface area (Å²) < 4.78 is 5.33. The Hall–Kier alpha value is -3.89. The van der Waals surface area contributed by atoms with Crippen molar-refractivity contribution in [2.24, 2.45) is 5.92 Å². The number of ether oxygens (including phenoxy) is 1. The molecule has 1 N–H and O–H groups in total. The van der Waals surface area contributed by atoms with E-state index >= 15 is 0 Å². The molecule has 1 aliphatic heterocycles. The van der Waals surface area contributed by atoms with Gasteiger partial charge in [-0.15, -0.1) is 0 Å². The number of hydrogen-bond acceptors (Lipinski definition) is 3. The lowest BCUT2D eigenvalue weighted by atomic mass is 9.74.